The van der Waals surface area contributed by atoms with E-state index in [1.54, 1.807) is 27.7 Å². The molecule has 22 heavy (non-hydrogen) atoms. The molecule has 0 aliphatic carbocycles. The number of esters is 1. The molecular formula is C16H16F4O2. The van der Waals surface area contributed by atoms with Gasteiger partial charge in [0.05, 0.1) is 11.5 Å². The Morgan fingerprint density at radius 1 is 1.14 bits per heavy atom. The minimum atomic E-state index is -1.68. The van der Waals surface area contributed by atoms with E-state index >= 15 is 0 Å². The number of rotatable bonds is 3. The lowest BCUT2D eigenvalue weighted by atomic mass is 9.82. The van der Waals surface area contributed by atoms with Gasteiger partial charge in [-0.15, -0.1) is 6.42 Å². The molecule has 1 unspecified atom stereocenters. The highest BCUT2D eigenvalue weighted by Crippen LogP contribution is 2.28. The maximum absolute atomic E-state index is 13.7. The van der Waals surface area contributed by atoms with E-state index in [0.717, 1.165) is 0 Å². The molecule has 1 rings (SSSR count). The molecule has 0 bridgehead atoms. The Balaban J connectivity index is 3.07. The molecule has 2 nitrogen and oxygen atoms in total. The molecule has 1 atom stereocenters. The van der Waals surface area contributed by atoms with Gasteiger partial charge in [-0.2, -0.15) is 0 Å². The first-order valence-corrected chi connectivity index (χ1v) is 6.50. The van der Waals surface area contributed by atoms with Crippen molar-refractivity contribution >= 4 is 5.97 Å². The Labute approximate surface area is 126 Å². The summed E-state index contributed by atoms with van der Waals surface area (Å²) in [5.74, 6) is -6.46. The number of hydrogen-bond acceptors (Lipinski definition) is 2. The first-order chi connectivity index (χ1) is 10.0. The number of terminal acetylenes is 1. The van der Waals surface area contributed by atoms with Crippen LogP contribution in [0, 0.1) is 46.9 Å². The minimum Gasteiger partial charge on any atom is -0.460 e. The van der Waals surface area contributed by atoms with Crippen LogP contribution in [0.3, 0.4) is 0 Å². The van der Waals surface area contributed by atoms with Crippen LogP contribution in [0.5, 0.6) is 0 Å². The van der Waals surface area contributed by atoms with E-state index < -0.39 is 58.3 Å². The molecule has 0 amide bonds. The van der Waals surface area contributed by atoms with Gasteiger partial charge in [0.1, 0.15) is 12.2 Å². The van der Waals surface area contributed by atoms with Gasteiger partial charge < -0.3 is 4.74 Å². The normalized spacial score (nSPS) is 12.7. The van der Waals surface area contributed by atoms with Crippen LogP contribution < -0.4 is 0 Å². The summed E-state index contributed by atoms with van der Waals surface area (Å²) in [4.78, 5) is 11.8. The highest BCUT2D eigenvalue weighted by atomic mass is 19.2. The summed E-state index contributed by atoms with van der Waals surface area (Å²) in [6.45, 7) is 6.00. The minimum absolute atomic E-state index is 0.433. The molecule has 0 aliphatic rings. The molecule has 120 valence electrons. The summed E-state index contributed by atoms with van der Waals surface area (Å²) in [5.41, 5.74) is -2.57. The largest absolute Gasteiger partial charge is 0.460 e. The lowest BCUT2D eigenvalue weighted by molar-refractivity contribution is -0.153. The highest BCUT2D eigenvalue weighted by Gasteiger charge is 2.30. The van der Waals surface area contributed by atoms with E-state index in [1.807, 2.05) is 0 Å². The van der Waals surface area contributed by atoms with Crippen molar-refractivity contribution in [2.45, 2.75) is 34.3 Å². The third-order valence-electron chi connectivity index (χ3n) is 3.51. The van der Waals surface area contributed by atoms with Crippen molar-refractivity contribution in [3.8, 4) is 12.3 Å². The Morgan fingerprint density at radius 2 is 1.59 bits per heavy atom. The van der Waals surface area contributed by atoms with Crippen molar-refractivity contribution in [2.75, 3.05) is 0 Å². The molecular weight excluding hydrogens is 300 g/mol. The SMILES string of the molecule is C#Cc1c(F)c(F)c(COC(=O)C(C)C(C)(C)C)c(F)c1F. The predicted octanol–water partition coefficient (Wildman–Crippen LogP) is 3.95. The zero-order valence-corrected chi connectivity index (χ0v) is 12.7. The van der Waals surface area contributed by atoms with Crippen LogP contribution in [0.15, 0.2) is 0 Å². The molecule has 6 heteroatoms. The monoisotopic (exact) mass is 316 g/mol. The summed E-state index contributed by atoms with van der Waals surface area (Å²) in [6.07, 6.45) is 4.80. The maximum Gasteiger partial charge on any atom is 0.309 e. The summed E-state index contributed by atoms with van der Waals surface area (Å²) >= 11 is 0. The summed E-state index contributed by atoms with van der Waals surface area (Å²) < 4.78 is 59.2. The lowest BCUT2D eigenvalue weighted by Crippen LogP contribution is -2.27. The van der Waals surface area contributed by atoms with Crippen molar-refractivity contribution in [3.05, 3.63) is 34.4 Å². The average molecular weight is 316 g/mol. The van der Waals surface area contributed by atoms with Crippen LogP contribution >= 0.6 is 0 Å². The quantitative estimate of drug-likeness (QED) is 0.365. The molecule has 0 saturated heterocycles. The second-order valence-corrected chi connectivity index (χ2v) is 5.95. The van der Waals surface area contributed by atoms with E-state index in [2.05, 4.69) is 0 Å². The van der Waals surface area contributed by atoms with E-state index in [9.17, 15) is 22.4 Å². The standard InChI is InChI=1S/C16H16F4O2/c1-6-9-11(17)13(19)10(14(20)12(9)18)7-22-15(21)8(2)16(3,4)5/h1,8H,7H2,2-5H3. The van der Waals surface area contributed by atoms with Gasteiger partial charge in [-0.05, 0) is 5.41 Å². The van der Waals surface area contributed by atoms with Crippen molar-refractivity contribution in [2.24, 2.45) is 11.3 Å². The molecule has 0 radical (unpaired) electrons. The fraction of sp³-hybridized carbons (Fsp3) is 0.438. The Kier molecular flexibility index (Phi) is 5.23. The molecule has 0 fully saturated rings. The third kappa shape index (κ3) is 3.41. The van der Waals surface area contributed by atoms with Crippen LogP contribution in [0.25, 0.3) is 0 Å². The molecule has 0 saturated carbocycles. The smallest absolute Gasteiger partial charge is 0.309 e. The average Bonchev–Trinajstić information content (AvgIpc) is 2.43. The van der Waals surface area contributed by atoms with Crippen LogP contribution in [-0.2, 0) is 16.1 Å². The van der Waals surface area contributed by atoms with Crippen LogP contribution in [-0.4, -0.2) is 5.97 Å². The van der Waals surface area contributed by atoms with Crippen molar-refractivity contribution in [1.29, 1.82) is 0 Å². The zero-order valence-electron chi connectivity index (χ0n) is 12.7. The molecule has 0 aromatic heterocycles. The number of ether oxygens (including phenoxy) is 1. The molecule has 0 spiro atoms. The lowest BCUT2D eigenvalue weighted by Gasteiger charge is -2.25. The van der Waals surface area contributed by atoms with E-state index in [-0.39, 0.29) is 0 Å². The fourth-order valence-corrected chi connectivity index (χ4v) is 1.55. The van der Waals surface area contributed by atoms with Crippen molar-refractivity contribution < 1.29 is 27.1 Å². The first-order valence-electron chi connectivity index (χ1n) is 6.50. The number of hydrogen-bond donors (Lipinski definition) is 0. The van der Waals surface area contributed by atoms with E-state index in [4.69, 9.17) is 11.2 Å². The fourth-order valence-electron chi connectivity index (χ4n) is 1.55. The van der Waals surface area contributed by atoms with Crippen LogP contribution in [0.1, 0.15) is 38.8 Å². The predicted molar refractivity (Wildman–Crippen MR) is 72.6 cm³/mol. The van der Waals surface area contributed by atoms with Gasteiger partial charge in [-0.3, -0.25) is 4.79 Å². The van der Waals surface area contributed by atoms with Crippen molar-refractivity contribution in [3.63, 3.8) is 0 Å². The molecule has 1 aromatic rings. The molecule has 0 heterocycles. The van der Waals surface area contributed by atoms with Crippen molar-refractivity contribution in [1.82, 2.24) is 0 Å². The molecule has 0 N–H and O–H groups in total. The zero-order chi connectivity index (χ0) is 17.2. The van der Waals surface area contributed by atoms with Gasteiger partial charge in [-0.25, -0.2) is 17.6 Å². The highest BCUT2D eigenvalue weighted by molar-refractivity contribution is 5.72. The Bertz CT molecular complexity index is 610. The third-order valence-corrected chi connectivity index (χ3v) is 3.51. The molecule has 1 aromatic carbocycles. The second-order valence-electron chi connectivity index (χ2n) is 5.95. The number of benzene rings is 1. The number of carbonyl (C=O) groups excluding carboxylic acids is 1. The van der Waals surface area contributed by atoms with Gasteiger partial charge in [0.2, 0.25) is 0 Å². The van der Waals surface area contributed by atoms with E-state index in [1.165, 1.54) is 5.92 Å². The van der Waals surface area contributed by atoms with Crippen LogP contribution in [0.4, 0.5) is 17.6 Å². The van der Waals surface area contributed by atoms with Gasteiger partial charge in [0, 0.05) is 0 Å². The van der Waals surface area contributed by atoms with Gasteiger partial charge in [-0.1, -0.05) is 33.6 Å². The summed E-state index contributed by atoms with van der Waals surface area (Å²) in [6, 6.07) is 0. The van der Waals surface area contributed by atoms with Gasteiger partial charge >= 0.3 is 5.97 Å². The Hall–Kier alpha value is -2.03. The number of halogens is 4. The Morgan fingerprint density at radius 3 is 1.95 bits per heavy atom. The van der Waals surface area contributed by atoms with E-state index in [0.29, 0.717) is 0 Å². The summed E-state index contributed by atoms with van der Waals surface area (Å²) in [7, 11) is 0. The second kappa shape index (κ2) is 6.39. The summed E-state index contributed by atoms with van der Waals surface area (Å²) in [5, 5.41) is 0. The first kappa shape index (κ1) is 18.0. The topological polar surface area (TPSA) is 26.3 Å². The van der Waals surface area contributed by atoms with Gasteiger partial charge in [0.25, 0.3) is 0 Å². The molecule has 0 aliphatic heterocycles. The van der Waals surface area contributed by atoms with Gasteiger partial charge in [0.15, 0.2) is 23.3 Å². The maximum atomic E-state index is 13.7. The van der Waals surface area contributed by atoms with Crippen LogP contribution in [0.2, 0.25) is 0 Å². The number of carbonyl (C=O) groups is 1.